The third-order valence-corrected chi connectivity index (χ3v) is 4.25. The number of hydrogen-bond acceptors (Lipinski definition) is 5. The van der Waals surface area contributed by atoms with Crippen molar-refractivity contribution >= 4 is 11.7 Å². The normalized spacial score (nSPS) is 10.5. The maximum atomic E-state index is 13.1. The molecule has 0 aliphatic rings. The molecule has 158 valence electrons. The number of aryl methyl sites for hydroxylation is 1. The van der Waals surface area contributed by atoms with Crippen molar-refractivity contribution in [3.05, 3.63) is 59.8 Å². The van der Waals surface area contributed by atoms with E-state index in [2.05, 4.69) is 10.4 Å². The molecule has 30 heavy (non-hydrogen) atoms. The van der Waals surface area contributed by atoms with Crippen molar-refractivity contribution in [2.24, 2.45) is 0 Å². The van der Waals surface area contributed by atoms with Gasteiger partial charge in [-0.1, -0.05) is 18.2 Å². The van der Waals surface area contributed by atoms with E-state index in [1.807, 2.05) is 64.1 Å². The lowest BCUT2D eigenvalue weighted by Crippen LogP contribution is -2.16. The monoisotopic (exact) mass is 409 g/mol. The van der Waals surface area contributed by atoms with Gasteiger partial charge < -0.3 is 19.5 Å². The van der Waals surface area contributed by atoms with Crippen molar-refractivity contribution in [3.63, 3.8) is 0 Å². The molecule has 0 fully saturated rings. The fraction of sp³-hybridized carbons (Fsp3) is 0.304. The van der Waals surface area contributed by atoms with Crippen LogP contribution >= 0.6 is 0 Å². The second kappa shape index (κ2) is 9.82. The van der Waals surface area contributed by atoms with Gasteiger partial charge in [-0.05, 0) is 52.0 Å². The molecule has 0 bridgehead atoms. The number of hydrogen-bond donors (Lipinski definition) is 1. The molecule has 1 amide bonds. The summed E-state index contributed by atoms with van der Waals surface area (Å²) >= 11 is 0. The molecule has 0 atom stereocenters. The molecule has 3 aromatic rings. The number of nitrogens with one attached hydrogen (secondary N) is 1. The number of benzene rings is 2. The van der Waals surface area contributed by atoms with Crippen LogP contribution in [0.25, 0.3) is 5.69 Å². The lowest BCUT2D eigenvalue weighted by molar-refractivity contribution is 0.102. The van der Waals surface area contributed by atoms with Crippen LogP contribution in [-0.2, 0) is 0 Å². The van der Waals surface area contributed by atoms with E-state index < -0.39 is 0 Å². The fourth-order valence-electron chi connectivity index (χ4n) is 3.06. The molecule has 1 N–H and O–H groups in total. The van der Waals surface area contributed by atoms with Crippen molar-refractivity contribution in [2.75, 3.05) is 25.1 Å². The van der Waals surface area contributed by atoms with Crippen molar-refractivity contribution in [3.8, 4) is 22.9 Å². The molecule has 0 aliphatic heterocycles. The van der Waals surface area contributed by atoms with Crippen molar-refractivity contribution in [1.82, 2.24) is 9.78 Å². The molecule has 1 heterocycles. The number of aromatic nitrogens is 2. The first-order chi connectivity index (χ1) is 14.6. The Morgan fingerprint density at radius 1 is 0.933 bits per heavy atom. The van der Waals surface area contributed by atoms with Crippen LogP contribution in [0.3, 0.4) is 0 Å². The Bertz CT molecular complexity index is 972. The summed E-state index contributed by atoms with van der Waals surface area (Å²) in [6, 6.07) is 14.8. The van der Waals surface area contributed by atoms with E-state index in [9.17, 15) is 4.79 Å². The van der Waals surface area contributed by atoms with Crippen LogP contribution in [-0.4, -0.2) is 35.5 Å². The molecule has 3 rings (SSSR count). The summed E-state index contributed by atoms with van der Waals surface area (Å²) in [5.41, 5.74) is 2.06. The van der Waals surface area contributed by atoms with Crippen molar-refractivity contribution in [2.45, 2.75) is 27.7 Å². The van der Waals surface area contributed by atoms with Crippen LogP contribution in [0.1, 0.15) is 36.8 Å². The number of ether oxygens (including phenoxy) is 3. The molecule has 0 radical (unpaired) electrons. The summed E-state index contributed by atoms with van der Waals surface area (Å²) < 4.78 is 18.8. The zero-order valence-electron chi connectivity index (χ0n) is 17.8. The van der Waals surface area contributed by atoms with E-state index in [4.69, 9.17) is 14.2 Å². The minimum absolute atomic E-state index is 0.294. The topological polar surface area (TPSA) is 74.6 Å². The Kier molecular flexibility index (Phi) is 6.95. The standard InChI is InChI=1S/C23H27N3O4/c1-5-28-19-14-17(15-20(29-6-2)22(19)30-7-3)23(27)24-21-13-16(4)25-26(21)18-11-9-8-10-12-18/h8-15H,5-7H2,1-4H3,(H,24,27). The fourth-order valence-corrected chi connectivity index (χ4v) is 3.06. The molecular formula is C23H27N3O4. The second-order valence-electron chi connectivity index (χ2n) is 6.47. The summed E-state index contributed by atoms with van der Waals surface area (Å²) in [4.78, 5) is 13.1. The zero-order chi connectivity index (χ0) is 21.5. The van der Waals surface area contributed by atoms with E-state index in [1.165, 1.54) is 0 Å². The highest BCUT2D eigenvalue weighted by Gasteiger charge is 2.19. The van der Waals surface area contributed by atoms with Crippen molar-refractivity contribution in [1.29, 1.82) is 0 Å². The number of para-hydroxylation sites is 1. The third-order valence-electron chi connectivity index (χ3n) is 4.25. The lowest BCUT2D eigenvalue weighted by atomic mass is 10.1. The van der Waals surface area contributed by atoms with Gasteiger partial charge >= 0.3 is 0 Å². The number of carbonyl (C=O) groups excluding carboxylic acids is 1. The SMILES string of the molecule is CCOc1cc(C(=O)Nc2cc(C)nn2-c2ccccc2)cc(OCC)c1OCC. The highest BCUT2D eigenvalue weighted by atomic mass is 16.5. The van der Waals surface area contributed by atoms with Gasteiger partial charge in [0.05, 0.1) is 31.2 Å². The molecule has 1 aromatic heterocycles. The zero-order valence-corrected chi connectivity index (χ0v) is 17.8. The van der Waals surface area contributed by atoms with Crippen LogP contribution in [0, 0.1) is 6.92 Å². The van der Waals surface area contributed by atoms with Gasteiger partial charge in [-0.15, -0.1) is 0 Å². The third kappa shape index (κ3) is 4.74. The average molecular weight is 409 g/mol. The van der Waals surface area contributed by atoms with Gasteiger partial charge in [0.15, 0.2) is 11.5 Å². The maximum Gasteiger partial charge on any atom is 0.257 e. The van der Waals surface area contributed by atoms with Gasteiger partial charge in [0.2, 0.25) is 5.75 Å². The average Bonchev–Trinajstić information content (AvgIpc) is 3.11. The molecule has 2 aromatic carbocycles. The second-order valence-corrected chi connectivity index (χ2v) is 6.47. The molecule has 0 aliphatic carbocycles. The Hall–Kier alpha value is -3.48. The molecule has 7 heteroatoms. The molecule has 0 spiro atoms. The van der Waals surface area contributed by atoms with Crippen LogP contribution in [0.5, 0.6) is 17.2 Å². The predicted molar refractivity (Wildman–Crippen MR) is 116 cm³/mol. The van der Waals surface area contributed by atoms with E-state index >= 15 is 0 Å². The van der Waals surface area contributed by atoms with Crippen molar-refractivity contribution < 1.29 is 19.0 Å². The van der Waals surface area contributed by atoms with Crippen LogP contribution in [0.4, 0.5) is 5.82 Å². The predicted octanol–water partition coefficient (Wildman–Crippen LogP) is 4.63. The molecule has 0 saturated carbocycles. The van der Waals surface area contributed by atoms with Gasteiger partial charge in [0.25, 0.3) is 5.91 Å². The van der Waals surface area contributed by atoms with Gasteiger partial charge in [0, 0.05) is 11.6 Å². The number of rotatable bonds is 9. The molecular weight excluding hydrogens is 382 g/mol. The Morgan fingerprint density at radius 3 is 2.10 bits per heavy atom. The van der Waals surface area contributed by atoms with Gasteiger partial charge in [0.1, 0.15) is 5.82 Å². The number of carbonyl (C=O) groups is 1. The van der Waals surface area contributed by atoms with Crippen LogP contribution < -0.4 is 19.5 Å². The summed E-state index contributed by atoms with van der Waals surface area (Å²) in [6.07, 6.45) is 0. The number of amides is 1. The lowest BCUT2D eigenvalue weighted by Gasteiger charge is -2.17. The van der Waals surface area contributed by atoms with Crippen LogP contribution in [0.2, 0.25) is 0 Å². The maximum absolute atomic E-state index is 13.1. The van der Waals surface area contributed by atoms with Gasteiger partial charge in [-0.25, -0.2) is 4.68 Å². The quantitative estimate of drug-likeness (QED) is 0.558. The number of anilines is 1. The Morgan fingerprint density at radius 2 is 1.53 bits per heavy atom. The summed E-state index contributed by atoms with van der Waals surface area (Å²) in [5, 5.41) is 7.44. The highest BCUT2D eigenvalue weighted by Crippen LogP contribution is 2.39. The number of nitrogens with zero attached hydrogens (tertiary/aromatic N) is 2. The Balaban J connectivity index is 1.96. The van der Waals surface area contributed by atoms with E-state index in [0.29, 0.717) is 48.5 Å². The van der Waals surface area contributed by atoms with E-state index in [-0.39, 0.29) is 5.91 Å². The highest BCUT2D eigenvalue weighted by molar-refractivity contribution is 6.04. The smallest absolute Gasteiger partial charge is 0.257 e. The van der Waals surface area contributed by atoms with Gasteiger partial charge in [-0.3, -0.25) is 4.79 Å². The molecule has 7 nitrogen and oxygen atoms in total. The summed E-state index contributed by atoms with van der Waals surface area (Å²) in [7, 11) is 0. The largest absolute Gasteiger partial charge is 0.490 e. The minimum Gasteiger partial charge on any atom is -0.490 e. The molecule has 0 unspecified atom stereocenters. The first kappa shape index (κ1) is 21.2. The minimum atomic E-state index is -0.294. The van der Waals surface area contributed by atoms with E-state index in [1.54, 1.807) is 16.8 Å². The Labute approximate surface area is 176 Å². The van der Waals surface area contributed by atoms with Gasteiger partial charge in [-0.2, -0.15) is 5.10 Å². The summed E-state index contributed by atoms with van der Waals surface area (Å²) in [5.74, 6) is 1.74. The van der Waals surface area contributed by atoms with Crippen LogP contribution in [0.15, 0.2) is 48.5 Å². The summed E-state index contributed by atoms with van der Waals surface area (Å²) in [6.45, 7) is 8.87. The first-order valence-corrected chi connectivity index (χ1v) is 10.1. The van der Waals surface area contributed by atoms with E-state index in [0.717, 1.165) is 11.4 Å². The first-order valence-electron chi connectivity index (χ1n) is 10.1. The molecule has 0 saturated heterocycles.